The van der Waals surface area contributed by atoms with E-state index < -0.39 is 5.97 Å². The van der Waals surface area contributed by atoms with Crippen LogP contribution in [0.2, 0.25) is 0 Å². The molecule has 0 aromatic carbocycles. The second-order valence-electron chi connectivity index (χ2n) is 2.96. The summed E-state index contributed by atoms with van der Waals surface area (Å²) in [6.07, 6.45) is 4.90. The van der Waals surface area contributed by atoms with Crippen LogP contribution in [0.15, 0.2) is 41.3 Å². The summed E-state index contributed by atoms with van der Waals surface area (Å²) >= 11 is 0. The number of hydrogen-bond acceptors (Lipinski definition) is 2. The molecule has 0 unspecified atom stereocenters. The molecular weight excluding hydrogens is 182 g/mol. The monoisotopic (exact) mass is 191 g/mol. The van der Waals surface area contributed by atoms with E-state index in [9.17, 15) is 4.79 Å². The van der Waals surface area contributed by atoms with E-state index in [4.69, 9.17) is 9.52 Å². The number of carbonyl (C=O) groups is 1. The normalized spacial score (nSPS) is 10.3. The molecule has 0 spiro atoms. The zero-order valence-electron chi connectivity index (χ0n) is 7.38. The van der Waals surface area contributed by atoms with Crippen molar-refractivity contribution in [3.8, 4) is 0 Å². The van der Waals surface area contributed by atoms with Crippen LogP contribution >= 0.6 is 0 Å². The molecule has 1 N–H and O–H groups in total. The van der Waals surface area contributed by atoms with Gasteiger partial charge in [0.2, 0.25) is 0 Å². The Morgan fingerprint density at radius 2 is 2.36 bits per heavy atom. The highest BCUT2D eigenvalue weighted by Gasteiger charge is 2.08. The van der Waals surface area contributed by atoms with Gasteiger partial charge in [0.25, 0.3) is 0 Å². The number of aromatic carboxylic acids is 1. The van der Waals surface area contributed by atoms with E-state index in [0.29, 0.717) is 6.54 Å². The number of nitrogens with zero attached hydrogens (tertiary/aromatic N) is 1. The molecule has 0 bridgehead atoms. The number of hydrogen-bond donors (Lipinski definition) is 1. The molecule has 4 nitrogen and oxygen atoms in total. The maximum absolute atomic E-state index is 10.8. The van der Waals surface area contributed by atoms with E-state index in [1.54, 1.807) is 35.4 Å². The lowest BCUT2D eigenvalue weighted by Gasteiger charge is -2.03. The third-order valence-electron chi connectivity index (χ3n) is 1.98. The highest BCUT2D eigenvalue weighted by atomic mass is 16.4. The van der Waals surface area contributed by atoms with Crippen LogP contribution in [0.5, 0.6) is 0 Å². The van der Waals surface area contributed by atoms with Crippen LogP contribution in [-0.2, 0) is 6.54 Å². The van der Waals surface area contributed by atoms with Gasteiger partial charge in [-0.05, 0) is 18.2 Å². The van der Waals surface area contributed by atoms with Crippen LogP contribution in [-0.4, -0.2) is 15.6 Å². The predicted molar refractivity (Wildman–Crippen MR) is 49.2 cm³/mol. The first-order chi connectivity index (χ1) is 6.77. The number of carboxylic acid groups (broad SMARTS) is 1. The fourth-order valence-corrected chi connectivity index (χ4v) is 1.33. The van der Waals surface area contributed by atoms with Crippen molar-refractivity contribution in [2.75, 3.05) is 0 Å². The van der Waals surface area contributed by atoms with Crippen LogP contribution in [0.3, 0.4) is 0 Å². The van der Waals surface area contributed by atoms with E-state index in [1.807, 2.05) is 6.07 Å². The van der Waals surface area contributed by atoms with Crippen LogP contribution in [0.1, 0.15) is 16.1 Å². The van der Waals surface area contributed by atoms with Crippen molar-refractivity contribution in [2.24, 2.45) is 0 Å². The van der Waals surface area contributed by atoms with Gasteiger partial charge in [0.15, 0.2) is 0 Å². The largest absolute Gasteiger partial charge is 0.477 e. The molecule has 0 radical (unpaired) electrons. The summed E-state index contributed by atoms with van der Waals surface area (Å²) in [4.78, 5) is 10.8. The fourth-order valence-electron chi connectivity index (χ4n) is 1.33. The molecule has 0 saturated heterocycles. The third kappa shape index (κ3) is 1.54. The Balaban J connectivity index is 2.25. The predicted octanol–water partition coefficient (Wildman–Crippen LogP) is 1.83. The molecule has 2 aromatic rings. The minimum Gasteiger partial charge on any atom is -0.477 e. The van der Waals surface area contributed by atoms with Gasteiger partial charge in [-0.25, -0.2) is 4.79 Å². The molecule has 2 heterocycles. The molecule has 0 saturated carbocycles. The molecule has 0 atom stereocenters. The molecular formula is C10H9NO3. The van der Waals surface area contributed by atoms with E-state index in [2.05, 4.69) is 0 Å². The van der Waals surface area contributed by atoms with E-state index in [-0.39, 0.29) is 5.69 Å². The number of furan rings is 1. The Hall–Kier alpha value is -1.97. The third-order valence-corrected chi connectivity index (χ3v) is 1.98. The Kier molecular flexibility index (Phi) is 2.10. The lowest BCUT2D eigenvalue weighted by atomic mass is 10.3. The molecule has 2 aromatic heterocycles. The maximum Gasteiger partial charge on any atom is 0.352 e. The first-order valence-electron chi connectivity index (χ1n) is 4.17. The van der Waals surface area contributed by atoms with E-state index in [0.717, 1.165) is 5.56 Å². The summed E-state index contributed by atoms with van der Waals surface area (Å²) in [5.41, 5.74) is 1.23. The van der Waals surface area contributed by atoms with Crippen molar-refractivity contribution in [1.82, 2.24) is 4.57 Å². The fraction of sp³-hybridized carbons (Fsp3) is 0.100. The Labute approximate surface area is 80.4 Å². The molecule has 0 aliphatic rings. The summed E-state index contributed by atoms with van der Waals surface area (Å²) in [6, 6.07) is 5.09. The lowest BCUT2D eigenvalue weighted by Crippen LogP contribution is -2.07. The van der Waals surface area contributed by atoms with Gasteiger partial charge < -0.3 is 14.1 Å². The molecule has 14 heavy (non-hydrogen) atoms. The van der Waals surface area contributed by atoms with Crippen molar-refractivity contribution >= 4 is 5.97 Å². The summed E-state index contributed by atoms with van der Waals surface area (Å²) in [5, 5.41) is 8.84. The number of carboxylic acids is 1. The molecule has 2 rings (SSSR count). The first-order valence-corrected chi connectivity index (χ1v) is 4.17. The number of rotatable bonds is 3. The standard InChI is InChI=1S/C10H9NO3/c12-10(13)9-2-1-4-11(9)6-8-3-5-14-7-8/h1-5,7H,6H2,(H,12,13). The zero-order valence-corrected chi connectivity index (χ0v) is 7.38. The van der Waals surface area contributed by atoms with Crippen LogP contribution < -0.4 is 0 Å². The van der Waals surface area contributed by atoms with Crippen molar-refractivity contribution in [1.29, 1.82) is 0 Å². The van der Waals surface area contributed by atoms with E-state index >= 15 is 0 Å². The average molecular weight is 191 g/mol. The molecule has 0 amide bonds. The highest BCUT2D eigenvalue weighted by molar-refractivity contribution is 5.85. The molecule has 0 aliphatic heterocycles. The minimum atomic E-state index is -0.918. The SMILES string of the molecule is O=C(O)c1cccn1Cc1ccoc1. The van der Waals surface area contributed by atoms with Gasteiger partial charge in [-0.3, -0.25) is 0 Å². The Morgan fingerprint density at radius 3 is 3.00 bits per heavy atom. The lowest BCUT2D eigenvalue weighted by molar-refractivity contribution is 0.0685. The number of aromatic nitrogens is 1. The van der Waals surface area contributed by atoms with Crippen molar-refractivity contribution in [2.45, 2.75) is 6.54 Å². The van der Waals surface area contributed by atoms with Gasteiger partial charge in [-0.2, -0.15) is 0 Å². The summed E-state index contributed by atoms with van der Waals surface area (Å²) in [6.45, 7) is 0.519. The summed E-state index contributed by atoms with van der Waals surface area (Å²) in [5.74, 6) is -0.918. The van der Waals surface area contributed by atoms with Gasteiger partial charge in [0.05, 0.1) is 19.1 Å². The second kappa shape index (κ2) is 3.41. The van der Waals surface area contributed by atoms with Crippen molar-refractivity contribution < 1.29 is 14.3 Å². The second-order valence-corrected chi connectivity index (χ2v) is 2.96. The van der Waals surface area contributed by atoms with Crippen molar-refractivity contribution in [3.05, 3.63) is 48.2 Å². The minimum absolute atomic E-state index is 0.284. The van der Waals surface area contributed by atoms with Crippen LogP contribution in [0.25, 0.3) is 0 Å². The van der Waals surface area contributed by atoms with Gasteiger partial charge in [0.1, 0.15) is 5.69 Å². The summed E-state index contributed by atoms with van der Waals surface area (Å²) in [7, 11) is 0. The first kappa shape index (κ1) is 8.62. The summed E-state index contributed by atoms with van der Waals surface area (Å²) < 4.78 is 6.56. The Morgan fingerprint density at radius 1 is 1.50 bits per heavy atom. The van der Waals surface area contributed by atoms with Crippen LogP contribution in [0, 0.1) is 0 Å². The topological polar surface area (TPSA) is 55.4 Å². The molecule has 72 valence electrons. The van der Waals surface area contributed by atoms with Gasteiger partial charge in [-0.15, -0.1) is 0 Å². The highest BCUT2D eigenvalue weighted by Crippen LogP contribution is 2.08. The molecule has 0 fully saturated rings. The maximum atomic E-state index is 10.8. The van der Waals surface area contributed by atoms with Gasteiger partial charge in [-0.1, -0.05) is 0 Å². The van der Waals surface area contributed by atoms with E-state index in [1.165, 1.54) is 0 Å². The van der Waals surface area contributed by atoms with Crippen molar-refractivity contribution in [3.63, 3.8) is 0 Å². The van der Waals surface area contributed by atoms with Gasteiger partial charge in [0, 0.05) is 11.8 Å². The van der Waals surface area contributed by atoms with Crippen LogP contribution in [0.4, 0.5) is 0 Å². The molecule has 0 aliphatic carbocycles. The van der Waals surface area contributed by atoms with Gasteiger partial charge >= 0.3 is 5.97 Å². The smallest absolute Gasteiger partial charge is 0.352 e. The zero-order chi connectivity index (χ0) is 9.97. The Bertz CT molecular complexity index is 428. The average Bonchev–Trinajstić information content (AvgIpc) is 2.75. The molecule has 4 heteroatoms. The quantitative estimate of drug-likeness (QED) is 0.805.